The molecule has 0 aromatic heterocycles. The molecule has 2 aromatic carbocycles. The SMILES string of the molecule is CCOC(=O)c1ccc(NC(=O)CN2C(=O)SC(=Cc3ccc(OC)c(OC)c3)C2=O)cc1. The Hall–Kier alpha value is -3.79. The van der Waals surface area contributed by atoms with Crippen LogP contribution < -0.4 is 14.8 Å². The molecule has 1 saturated heterocycles. The summed E-state index contributed by atoms with van der Waals surface area (Å²) >= 11 is 0.753. The molecule has 3 amide bonds. The zero-order chi connectivity index (χ0) is 24.0. The number of carbonyl (C=O) groups excluding carboxylic acids is 4. The van der Waals surface area contributed by atoms with Gasteiger partial charge in [0.25, 0.3) is 11.1 Å². The smallest absolute Gasteiger partial charge is 0.338 e. The summed E-state index contributed by atoms with van der Waals surface area (Å²) in [7, 11) is 3.02. The Kier molecular flexibility index (Phi) is 7.73. The Bertz CT molecular complexity index is 1110. The topological polar surface area (TPSA) is 111 Å². The minimum atomic E-state index is -0.562. The van der Waals surface area contributed by atoms with Gasteiger partial charge in [-0.3, -0.25) is 19.3 Å². The van der Waals surface area contributed by atoms with Crippen molar-refractivity contribution in [3.05, 3.63) is 58.5 Å². The van der Waals surface area contributed by atoms with Crippen molar-refractivity contribution in [1.29, 1.82) is 0 Å². The van der Waals surface area contributed by atoms with E-state index < -0.39 is 29.6 Å². The zero-order valence-corrected chi connectivity index (χ0v) is 19.1. The predicted molar refractivity (Wildman–Crippen MR) is 123 cm³/mol. The van der Waals surface area contributed by atoms with E-state index in [-0.39, 0.29) is 11.5 Å². The van der Waals surface area contributed by atoms with Crippen LogP contribution in [0.4, 0.5) is 10.5 Å². The summed E-state index contributed by atoms with van der Waals surface area (Å²) in [6.45, 7) is 1.53. The molecule has 9 nitrogen and oxygen atoms in total. The van der Waals surface area contributed by atoms with E-state index in [0.29, 0.717) is 28.3 Å². The summed E-state index contributed by atoms with van der Waals surface area (Å²) in [5, 5.41) is 2.06. The van der Waals surface area contributed by atoms with Crippen LogP contribution in [-0.4, -0.2) is 55.3 Å². The fourth-order valence-electron chi connectivity index (χ4n) is 2.98. The van der Waals surface area contributed by atoms with Crippen molar-refractivity contribution >= 4 is 46.5 Å². The largest absolute Gasteiger partial charge is 0.493 e. The Balaban J connectivity index is 1.65. The van der Waals surface area contributed by atoms with E-state index in [9.17, 15) is 19.2 Å². The molecular formula is C23H22N2O7S. The molecule has 1 aliphatic heterocycles. The Morgan fingerprint density at radius 1 is 1.03 bits per heavy atom. The van der Waals surface area contributed by atoms with Gasteiger partial charge >= 0.3 is 5.97 Å². The number of carbonyl (C=O) groups is 4. The molecule has 0 saturated carbocycles. The van der Waals surface area contributed by atoms with Crippen LogP contribution in [0.1, 0.15) is 22.8 Å². The van der Waals surface area contributed by atoms with E-state index >= 15 is 0 Å². The molecule has 2 aromatic rings. The average Bonchev–Trinajstić information content (AvgIpc) is 3.06. The number of imide groups is 1. The van der Waals surface area contributed by atoms with Gasteiger partial charge in [0.05, 0.1) is 31.3 Å². The van der Waals surface area contributed by atoms with Gasteiger partial charge in [-0.25, -0.2) is 4.79 Å². The monoisotopic (exact) mass is 470 g/mol. The number of nitrogens with one attached hydrogen (secondary N) is 1. The van der Waals surface area contributed by atoms with Crippen molar-refractivity contribution in [3.8, 4) is 11.5 Å². The number of ether oxygens (including phenoxy) is 3. The quantitative estimate of drug-likeness (QED) is 0.461. The number of esters is 1. The Morgan fingerprint density at radius 2 is 1.73 bits per heavy atom. The Morgan fingerprint density at radius 3 is 2.36 bits per heavy atom. The summed E-state index contributed by atoms with van der Waals surface area (Å²) in [5.74, 6) is -0.552. The summed E-state index contributed by atoms with van der Waals surface area (Å²) in [6, 6.07) is 11.2. The maximum Gasteiger partial charge on any atom is 0.338 e. The first-order chi connectivity index (χ1) is 15.9. The third-order valence-electron chi connectivity index (χ3n) is 4.56. The number of rotatable bonds is 8. The summed E-state index contributed by atoms with van der Waals surface area (Å²) in [5.41, 5.74) is 1.41. The van der Waals surface area contributed by atoms with Crippen molar-refractivity contribution < 1.29 is 33.4 Å². The van der Waals surface area contributed by atoms with Crippen molar-refractivity contribution in [2.75, 3.05) is 32.7 Å². The maximum atomic E-state index is 12.7. The minimum absolute atomic E-state index is 0.193. The number of nitrogens with zero attached hydrogens (tertiary/aromatic N) is 1. The van der Waals surface area contributed by atoms with Crippen LogP contribution in [0, 0.1) is 0 Å². The molecule has 0 aliphatic carbocycles. The van der Waals surface area contributed by atoms with E-state index in [4.69, 9.17) is 14.2 Å². The van der Waals surface area contributed by atoms with Crippen LogP contribution in [0.15, 0.2) is 47.4 Å². The third-order valence-corrected chi connectivity index (χ3v) is 5.47. The van der Waals surface area contributed by atoms with Gasteiger partial charge in [0.1, 0.15) is 6.54 Å². The zero-order valence-electron chi connectivity index (χ0n) is 18.2. The molecule has 0 bridgehead atoms. The van der Waals surface area contributed by atoms with E-state index in [1.165, 1.54) is 38.5 Å². The van der Waals surface area contributed by atoms with Gasteiger partial charge in [-0.1, -0.05) is 6.07 Å². The van der Waals surface area contributed by atoms with E-state index in [1.54, 1.807) is 31.2 Å². The van der Waals surface area contributed by atoms with Crippen LogP contribution in [0.2, 0.25) is 0 Å². The van der Waals surface area contributed by atoms with Gasteiger partial charge < -0.3 is 19.5 Å². The van der Waals surface area contributed by atoms with Crippen LogP contribution >= 0.6 is 11.8 Å². The van der Waals surface area contributed by atoms with Gasteiger partial charge in [-0.15, -0.1) is 0 Å². The third kappa shape index (κ3) is 5.72. The van der Waals surface area contributed by atoms with Gasteiger partial charge in [0, 0.05) is 5.69 Å². The summed E-state index contributed by atoms with van der Waals surface area (Å²) in [6.07, 6.45) is 1.55. The lowest BCUT2D eigenvalue weighted by Crippen LogP contribution is -2.36. The maximum absolute atomic E-state index is 12.7. The highest BCUT2D eigenvalue weighted by Gasteiger charge is 2.36. The molecule has 0 spiro atoms. The normalized spacial score (nSPS) is 14.4. The highest BCUT2D eigenvalue weighted by Crippen LogP contribution is 2.34. The molecule has 10 heteroatoms. The van der Waals surface area contributed by atoms with Gasteiger partial charge in [0.2, 0.25) is 5.91 Å². The minimum Gasteiger partial charge on any atom is -0.493 e. The standard InChI is InChI=1S/C23H22N2O7S/c1-4-32-22(28)15-6-8-16(9-7-15)24-20(26)13-25-21(27)19(33-23(25)29)12-14-5-10-17(30-2)18(11-14)31-3/h5-12H,4,13H2,1-3H3,(H,24,26). The molecule has 0 radical (unpaired) electrons. The first-order valence-electron chi connectivity index (χ1n) is 9.90. The van der Waals surface area contributed by atoms with Crippen molar-refractivity contribution in [3.63, 3.8) is 0 Å². The molecule has 1 N–H and O–H groups in total. The molecule has 1 fully saturated rings. The molecule has 1 aliphatic rings. The second kappa shape index (κ2) is 10.7. The second-order valence-electron chi connectivity index (χ2n) is 6.73. The van der Waals surface area contributed by atoms with Crippen molar-refractivity contribution in [1.82, 2.24) is 4.90 Å². The predicted octanol–water partition coefficient (Wildman–Crippen LogP) is 3.56. The van der Waals surface area contributed by atoms with Crippen LogP contribution in [0.5, 0.6) is 11.5 Å². The number of hydrogen-bond acceptors (Lipinski definition) is 8. The van der Waals surface area contributed by atoms with Gasteiger partial charge in [0.15, 0.2) is 11.5 Å². The van der Waals surface area contributed by atoms with E-state index in [2.05, 4.69) is 5.32 Å². The highest BCUT2D eigenvalue weighted by atomic mass is 32.2. The molecule has 1 heterocycles. The van der Waals surface area contributed by atoms with Crippen molar-refractivity contribution in [2.45, 2.75) is 6.92 Å². The lowest BCUT2D eigenvalue weighted by atomic mass is 10.2. The molecule has 0 unspecified atom stereocenters. The van der Waals surface area contributed by atoms with E-state index in [1.807, 2.05) is 0 Å². The average molecular weight is 471 g/mol. The summed E-state index contributed by atoms with van der Waals surface area (Å²) in [4.78, 5) is 50.2. The first-order valence-corrected chi connectivity index (χ1v) is 10.7. The number of hydrogen-bond donors (Lipinski definition) is 1. The van der Waals surface area contributed by atoms with Gasteiger partial charge in [-0.2, -0.15) is 0 Å². The number of benzene rings is 2. The van der Waals surface area contributed by atoms with Crippen LogP contribution in [0.25, 0.3) is 6.08 Å². The number of methoxy groups -OCH3 is 2. The highest BCUT2D eigenvalue weighted by molar-refractivity contribution is 8.18. The van der Waals surface area contributed by atoms with Crippen molar-refractivity contribution in [2.24, 2.45) is 0 Å². The fourth-order valence-corrected chi connectivity index (χ4v) is 3.82. The number of thioether (sulfide) groups is 1. The number of anilines is 1. The first kappa shape index (κ1) is 23.9. The number of amides is 3. The van der Waals surface area contributed by atoms with Gasteiger partial charge in [-0.05, 0) is 66.7 Å². The molecule has 0 atom stereocenters. The van der Waals surface area contributed by atoms with Crippen LogP contribution in [0.3, 0.4) is 0 Å². The lowest BCUT2D eigenvalue weighted by Gasteiger charge is -2.12. The van der Waals surface area contributed by atoms with E-state index in [0.717, 1.165) is 16.7 Å². The molecule has 172 valence electrons. The fraction of sp³-hybridized carbons (Fsp3) is 0.217. The van der Waals surface area contributed by atoms with Crippen LogP contribution in [-0.2, 0) is 14.3 Å². The second-order valence-corrected chi connectivity index (χ2v) is 7.72. The molecule has 33 heavy (non-hydrogen) atoms. The lowest BCUT2D eigenvalue weighted by molar-refractivity contribution is -0.127. The molecule has 3 rings (SSSR count). The summed E-state index contributed by atoms with van der Waals surface area (Å²) < 4.78 is 15.4. The molecular weight excluding hydrogens is 448 g/mol. The Labute approximate surface area is 194 Å².